The predicted octanol–water partition coefficient (Wildman–Crippen LogP) is 3.30. The number of rotatable bonds is 11. The average Bonchev–Trinajstić information content (AvgIpc) is 3.32. The van der Waals surface area contributed by atoms with Gasteiger partial charge >= 0.3 is 0 Å². The smallest absolute Gasteiger partial charge is 0.279 e. The zero-order valence-corrected chi connectivity index (χ0v) is 24.4. The number of fused-ring (bicyclic) bond motifs is 1. The van der Waals surface area contributed by atoms with E-state index in [-0.39, 0.29) is 36.9 Å². The van der Waals surface area contributed by atoms with Crippen molar-refractivity contribution < 1.29 is 18.0 Å². The number of hydrogen-bond donors (Lipinski definition) is 3. The molecule has 11 heteroatoms. The van der Waals surface area contributed by atoms with Crippen LogP contribution in [0, 0.1) is 23.2 Å². The molecule has 1 aromatic carbocycles. The third kappa shape index (κ3) is 7.42. The summed E-state index contributed by atoms with van der Waals surface area (Å²) in [5.41, 5.74) is 1.27. The van der Waals surface area contributed by atoms with E-state index < -0.39 is 22.2 Å². The molecule has 2 heterocycles. The minimum absolute atomic E-state index is 0.150. The summed E-state index contributed by atoms with van der Waals surface area (Å²) in [5.74, 6) is -0.614. The number of nitrogens with zero attached hydrogens (tertiary/aromatic N) is 3. The Balaban J connectivity index is 1.47. The van der Waals surface area contributed by atoms with Gasteiger partial charge in [-0.05, 0) is 50.2 Å². The summed E-state index contributed by atoms with van der Waals surface area (Å²) in [6, 6.07) is 10.7. The highest BCUT2D eigenvalue weighted by molar-refractivity contribution is 7.87. The van der Waals surface area contributed by atoms with Crippen LogP contribution in [0.2, 0.25) is 0 Å². The second-order valence-electron chi connectivity index (χ2n) is 11.4. The molecule has 3 N–H and O–H groups in total. The van der Waals surface area contributed by atoms with Crippen molar-refractivity contribution in [2.24, 2.45) is 11.8 Å². The summed E-state index contributed by atoms with van der Waals surface area (Å²) in [4.78, 5) is 26.8. The fourth-order valence-electron chi connectivity index (χ4n) is 5.88. The topological polar surface area (TPSA) is 136 Å². The van der Waals surface area contributed by atoms with Gasteiger partial charge in [-0.2, -0.15) is 18.0 Å². The maximum absolute atomic E-state index is 13.6. The molecule has 4 rings (SSSR count). The Morgan fingerprint density at radius 2 is 1.80 bits per heavy atom. The number of piperidine rings is 1. The number of carbonyl (C=O) groups excluding carboxylic acids is 2. The maximum atomic E-state index is 13.6. The normalized spacial score (nSPS) is 21.1. The molecule has 3 unspecified atom stereocenters. The van der Waals surface area contributed by atoms with Crippen LogP contribution in [0.25, 0.3) is 10.9 Å². The minimum atomic E-state index is -3.58. The number of para-hydroxylation sites is 1. The van der Waals surface area contributed by atoms with E-state index in [1.807, 2.05) is 48.7 Å². The van der Waals surface area contributed by atoms with Crippen molar-refractivity contribution in [3.63, 3.8) is 0 Å². The van der Waals surface area contributed by atoms with Crippen molar-refractivity contribution in [2.75, 3.05) is 19.6 Å². The lowest BCUT2D eigenvalue weighted by Crippen LogP contribution is -2.50. The van der Waals surface area contributed by atoms with E-state index in [0.29, 0.717) is 38.0 Å². The van der Waals surface area contributed by atoms with Gasteiger partial charge in [0.05, 0.1) is 12.0 Å². The van der Waals surface area contributed by atoms with Crippen molar-refractivity contribution in [1.82, 2.24) is 24.2 Å². The van der Waals surface area contributed by atoms with E-state index in [4.69, 9.17) is 0 Å². The molecule has 1 saturated heterocycles. The van der Waals surface area contributed by atoms with E-state index in [1.165, 1.54) is 4.31 Å². The van der Waals surface area contributed by atoms with Crippen LogP contribution < -0.4 is 15.4 Å². The third-order valence-electron chi connectivity index (χ3n) is 7.92. The molecule has 3 atom stereocenters. The van der Waals surface area contributed by atoms with Crippen LogP contribution in [0.15, 0.2) is 30.3 Å². The van der Waals surface area contributed by atoms with Crippen LogP contribution >= 0.6 is 0 Å². The van der Waals surface area contributed by atoms with E-state index in [0.717, 1.165) is 43.0 Å². The van der Waals surface area contributed by atoms with Gasteiger partial charge in [-0.3, -0.25) is 9.59 Å². The number of benzene rings is 1. The summed E-state index contributed by atoms with van der Waals surface area (Å²) in [6.45, 7) is 5.51. The lowest BCUT2D eigenvalue weighted by molar-refractivity contribution is -0.127. The van der Waals surface area contributed by atoms with Crippen LogP contribution in [-0.2, 0) is 21.5 Å². The van der Waals surface area contributed by atoms with Gasteiger partial charge in [-0.25, -0.2) is 4.72 Å². The Bertz CT molecular complexity index is 1330. The Morgan fingerprint density at radius 1 is 1.07 bits per heavy atom. The summed E-state index contributed by atoms with van der Waals surface area (Å²) in [6.07, 6.45) is 6.48. The molecule has 1 aromatic heterocycles. The number of nitriles is 1. The average molecular weight is 571 g/mol. The fourth-order valence-corrected chi connectivity index (χ4v) is 7.15. The minimum Gasteiger partial charge on any atom is -0.347 e. The number of nitrogens with one attached hydrogen (secondary N) is 3. The molecule has 1 aliphatic carbocycles. The van der Waals surface area contributed by atoms with Gasteiger partial charge in [-0.15, -0.1) is 0 Å². The molecule has 0 radical (unpaired) electrons. The molecule has 10 nitrogen and oxygen atoms in total. The first-order valence-corrected chi connectivity index (χ1v) is 16.0. The zero-order valence-electron chi connectivity index (χ0n) is 23.6. The lowest BCUT2D eigenvalue weighted by atomic mass is 9.83. The molecule has 1 saturated carbocycles. The number of hydrogen-bond acceptors (Lipinski definition) is 5. The van der Waals surface area contributed by atoms with Crippen LogP contribution in [0.5, 0.6) is 0 Å². The Morgan fingerprint density at radius 3 is 2.52 bits per heavy atom. The quantitative estimate of drug-likeness (QED) is 0.381. The number of aromatic nitrogens is 1. The number of carbonyl (C=O) groups is 2. The first-order chi connectivity index (χ1) is 19.2. The first kappa shape index (κ1) is 30.0. The molecule has 218 valence electrons. The summed E-state index contributed by atoms with van der Waals surface area (Å²) < 4.78 is 31.6. The predicted molar refractivity (Wildman–Crippen MR) is 154 cm³/mol. The highest BCUT2D eigenvalue weighted by atomic mass is 32.2. The Kier molecular flexibility index (Phi) is 10.2. The van der Waals surface area contributed by atoms with Crippen molar-refractivity contribution in [2.45, 2.75) is 83.8 Å². The van der Waals surface area contributed by atoms with E-state index in [9.17, 15) is 23.3 Å². The molecular formula is C29H42N6O4S. The molecular weight excluding hydrogens is 528 g/mol. The molecule has 2 amide bonds. The van der Waals surface area contributed by atoms with Crippen LogP contribution in [-0.4, -0.2) is 60.8 Å². The Hall–Kier alpha value is -2.94. The molecule has 2 aliphatic rings. The molecule has 0 spiro atoms. The van der Waals surface area contributed by atoms with E-state index >= 15 is 0 Å². The van der Waals surface area contributed by atoms with Crippen molar-refractivity contribution in [1.29, 1.82) is 5.26 Å². The SMILES string of the molecule is CC(C)CC(C#N)NC(=O)C1CCCCC1NC(=O)c1cc2ccccc2n1CCNS(=O)(=O)N1CCCCC1. The van der Waals surface area contributed by atoms with Gasteiger partial charge in [0.1, 0.15) is 11.7 Å². The van der Waals surface area contributed by atoms with Crippen molar-refractivity contribution in [3.8, 4) is 6.07 Å². The highest BCUT2D eigenvalue weighted by Gasteiger charge is 2.34. The molecule has 0 bridgehead atoms. The highest BCUT2D eigenvalue weighted by Crippen LogP contribution is 2.26. The van der Waals surface area contributed by atoms with E-state index in [2.05, 4.69) is 21.4 Å². The fraction of sp³-hybridized carbons (Fsp3) is 0.621. The van der Waals surface area contributed by atoms with Gasteiger partial charge < -0.3 is 15.2 Å². The molecule has 2 aromatic rings. The zero-order chi connectivity index (χ0) is 28.7. The Labute approximate surface area is 237 Å². The second-order valence-corrected chi connectivity index (χ2v) is 13.1. The van der Waals surface area contributed by atoms with Gasteiger partial charge in [0.15, 0.2) is 0 Å². The van der Waals surface area contributed by atoms with Gasteiger partial charge in [0, 0.05) is 43.1 Å². The number of amides is 2. The lowest BCUT2D eigenvalue weighted by Gasteiger charge is -2.32. The maximum Gasteiger partial charge on any atom is 0.279 e. The van der Waals surface area contributed by atoms with Crippen molar-refractivity contribution >= 4 is 32.9 Å². The molecule has 40 heavy (non-hydrogen) atoms. The van der Waals surface area contributed by atoms with Crippen LogP contribution in [0.3, 0.4) is 0 Å². The summed E-state index contributed by atoms with van der Waals surface area (Å²) in [7, 11) is -3.58. The van der Waals surface area contributed by atoms with Gasteiger partial charge in [-0.1, -0.05) is 51.3 Å². The first-order valence-electron chi connectivity index (χ1n) is 14.5. The summed E-state index contributed by atoms with van der Waals surface area (Å²) in [5, 5.41) is 16.4. The largest absolute Gasteiger partial charge is 0.347 e. The molecule has 1 aliphatic heterocycles. The van der Waals surface area contributed by atoms with E-state index in [1.54, 1.807) is 0 Å². The van der Waals surface area contributed by atoms with Gasteiger partial charge in [0.2, 0.25) is 5.91 Å². The van der Waals surface area contributed by atoms with Gasteiger partial charge in [0.25, 0.3) is 16.1 Å². The standard InChI is InChI=1S/C29H42N6O4S/c1-21(2)18-23(20-30)32-28(36)24-11-5-6-12-25(24)33-29(37)27-19-22-10-4-7-13-26(22)35(27)17-14-31-40(38,39)34-15-8-3-9-16-34/h4,7,10,13,19,21,23-25,31H,3,5-6,8-9,11-12,14-18H2,1-2H3,(H,32,36)(H,33,37). The van der Waals surface area contributed by atoms with Crippen molar-refractivity contribution in [3.05, 3.63) is 36.0 Å². The monoisotopic (exact) mass is 570 g/mol. The summed E-state index contributed by atoms with van der Waals surface area (Å²) >= 11 is 0. The molecule has 2 fully saturated rings. The second kappa shape index (κ2) is 13.6. The van der Waals surface area contributed by atoms with Crippen LogP contribution in [0.4, 0.5) is 0 Å². The van der Waals surface area contributed by atoms with Crippen LogP contribution in [0.1, 0.15) is 75.7 Å². The third-order valence-corrected chi connectivity index (χ3v) is 9.53.